The molecule has 1 aliphatic heterocycles. The minimum absolute atomic E-state index is 0.0183. The summed E-state index contributed by atoms with van der Waals surface area (Å²) in [4.78, 5) is 12.7. The Bertz CT molecular complexity index is 1500. The first-order valence-corrected chi connectivity index (χ1v) is 14.8. The molecule has 1 aromatic heterocycles. The zero-order chi connectivity index (χ0) is 28.9. The van der Waals surface area contributed by atoms with Crippen molar-refractivity contribution in [3.8, 4) is 0 Å². The van der Waals surface area contributed by atoms with Gasteiger partial charge >= 0.3 is 16.3 Å². The van der Waals surface area contributed by atoms with Crippen LogP contribution >= 0.6 is 0 Å². The van der Waals surface area contributed by atoms with Gasteiger partial charge in [0.05, 0.1) is 18.5 Å². The Morgan fingerprint density at radius 2 is 1.98 bits per heavy atom. The Morgan fingerprint density at radius 3 is 2.70 bits per heavy atom. The lowest BCUT2D eigenvalue weighted by molar-refractivity contribution is -0.143. The van der Waals surface area contributed by atoms with Crippen LogP contribution in [0.1, 0.15) is 66.3 Å². The second kappa shape index (κ2) is 12.8. The maximum atomic E-state index is 12.7. The van der Waals surface area contributed by atoms with Crippen LogP contribution in [-0.2, 0) is 37.1 Å². The van der Waals surface area contributed by atoms with E-state index in [2.05, 4.69) is 14.5 Å². The lowest BCUT2D eigenvalue weighted by Gasteiger charge is -2.25. The average molecular weight is 573 g/mol. The zero-order valence-corrected chi connectivity index (χ0v) is 23.9. The third-order valence-electron chi connectivity index (χ3n) is 7.16. The summed E-state index contributed by atoms with van der Waals surface area (Å²) < 4.78 is 37.8. The van der Waals surface area contributed by atoms with Crippen molar-refractivity contribution in [1.82, 2.24) is 19.3 Å². The van der Waals surface area contributed by atoms with E-state index in [1.807, 2.05) is 48.9 Å². The van der Waals surface area contributed by atoms with Gasteiger partial charge in [0.25, 0.3) is 5.95 Å². The fourth-order valence-corrected chi connectivity index (χ4v) is 5.89. The van der Waals surface area contributed by atoms with Gasteiger partial charge in [-0.1, -0.05) is 29.5 Å². The summed E-state index contributed by atoms with van der Waals surface area (Å²) in [5, 5.41) is 27.3. The molecule has 4 rings (SSSR count). The number of carbonyl (C=O) groups is 1. The molecule has 1 aliphatic rings. The second-order valence-corrected chi connectivity index (χ2v) is 11.4. The van der Waals surface area contributed by atoms with Crippen LogP contribution in [0.3, 0.4) is 0 Å². The van der Waals surface area contributed by atoms with Crippen molar-refractivity contribution in [2.45, 2.75) is 65.5 Å². The number of fused-ring (bicyclic) bond motifs is 1. The molecule has 0 aliphatic carbocycles. The monoisotopic (exact) mass is 572 g/mol. The zero-order valence-electron chi connectivity index (χ0n) is 23.0. The molecule has 40 heavy (non-hydrogen) atoms. The van der Waals surface area contributed by atoms with E-state index >= 15 is 0 Å². The molecule has 12 heteroatoms. The van der Waals surface area contributed by atoms with Gasteiger partial charge in [0.2, 0.25) is 0 Å². The largest absolute Gasteiger partial charge is 0.480 e. The molecule has 2 N–H and O–H groups in total. The van der Waals surface area contributed by atoms with Crippen LogP contribution < -0.4 is 0 Å². The van der Waals surface area contributed by atoms with Gasteiger partial charge in [0, 0.05) is 38.2 Å². The Hall–Kier alpha value is -3.48. The number of carbonyl (C=O) groups excluding carboxylic acids is 1. The summed E-state index contributed by atoms with van der Waals surface area (Å²) in [6.07, 6.45) is 3.92. The normalized spacial score (nSPS) is 15.9. The standard InChI is InChI=1S/C28H36N4O7S/c1-4-38-27(35)17-24(23-10-11-25-28(20(23)3)29-30-32(25)13-6-5-7-15-33)21-9-8-19(2)22(16-21)18-31-14-12-26(34)39-40(31,36)37/h8-12,16,24,33-34H,4-7,13-15,17-18H2,1-3H3. The third-order valence-corrected chi connectivity index (χ3v) is 8.45. The number of hydrogen-bond acceptors (Lipinski definition) is 9. The minimum atomic E-state index is -4.13. The molecule has 1 atom stereocenters. The van der Waals surface area contributed by atoms with E-state index in [9.17, 15) is 18.3 Å². The molecule has 2 aromatic carbocycles. The predicted molar refractivity (Wildman–Crippen MR) is 149 cm³/mol. The number of rotatable bonds is 12. The molecule has 3 aromatic rings. The Morgan fingerprint density at radius 1 is 1.18 bits per heavy atom. The van der Waals surface area contributed by atoms with Gasteiger partial charge in [0.1, 0.15) is 5.52 Å². The first-order valence-electron chi connectivity index (χ1n) is 13.4. The molecular weight excluding hydrogens is 536 g/mol. The Labute approximate surface area is 234 Å². The number of esters is 1. The van der Waals surface area contributed by atoms with E-state index in [0.29, 0.717) is 6.54 Å². The van der Waals surface area contributed by atoms with Crippen LogP contribution in [0.5, 0.6) is 0 Å². The quantitative estimate of drug-likeness (QED) is 0.245. The van der Waals surface area contributed by atoms with Crippen LogP contribution in [-0.4, -0.2) is 63.7 Å². The van der Waals surface area contributed by atoms with Crippen LogP contribution in [0.4, 0.5) is 0 Å². The van der Waals surface area contributed by atoms with Crippen molar-refractivity contribution in [3.05, 3.63) is 70.2 Å². The maximum absolute atomic E-state index is 12.7. The summed E-state index contributed by atoms with van der Waals surface area (Å²) >= 11 is 0. The molecular formula is C28H36N4O7S. The highest BCUT2D eigenvalue weighted by Crippen LogP contribution is 2.35. The molecule has 216 valence electrons. The molecule has 0 fully saturated rings. The molecule has 0 saturated heterocycles. The van der Waals surface area contributed by atoms with Gasteiger partial charge in [-0.05, 0) is 73.9 Å². The van der Waals surface area contributed by atoms with Gasteiger partial charge in [-0.3, -0.25) is 4.79 Å². The molecule has 11 nitrogen and oxygen atoms in total. The topological polar surface area (TPSA) is 144 Å². The van der Waals surface area contributed by atoms with E-state index in [4.69, 9.17) is 9.84 Å². The summed E-state index contributed by atoms with van der Waals surface area (Å²) in [6, 6.07) is 9.72. The number of benzene rings is 2. The molecule has 0 radical (unpaired) electrons. The highest BCUT2D eigenvalue weighted by molar-refractivity contribution is 7.84. The smallest absolute Gasteiger partial charge is 0.388 e. The Kier molecular flexibility index (Phi) is 9.44. The van der Waals surface area contributed by atoms with Crippen LogP contribution in [0.15, 0.2) is 42.4 Å². The number of hydrogen-bond donors (Lipinski definition) is 2. The van der Waals surface area contributed by atoms with E-state index in [0.717, 1.165) is 62.4 Å². The summed E-state index contributed by atoms with van der Waals surface area (Å²) in [6.45, 7) is 6.77. The van der Waals surface area contributed by atoms with E-state index in [-0.39, 0.29) is 44.6 Å². The predicted octanol–water partition coefficient (Wildman–Crippen LogP) is 3.77. The van der Waals surface area contributed by atoms with Crippen molar-refractivity contribution >= 4 is 27.3 Å². The van der Waals surface area contributed by atoms with Crippen molar-refractivity contribution < 1.29 is 32.3 Å². The first kappa shape index (κ1) is 29.5. The van der Waals surface area contributed by atoms with Crippen molar-refractivity contribution in [2.75, 3.05) is 19.8 Å². The molecule has 1 unspecified atom stereocenters. The van der Waals surface area contributed by atoms with Crippen LogP contribution in [0, 0.1) is 13.8 Å². The van der Waals surface area contributed by atoms with E-state index in [1.54, 1.807) is 6.92 Å². The number of ether oxygens (including phenoxy) is 1. The molecule has 2 heterocycles. The minimum Gasteiger partial charge on any atom is -0.480 e. The van der Waals surface area contributed by atoms with Gasteiger partial charge < -0.3 is 19.1 Å². The van der Waals surface area contributed by atoms with Crippen molar-refractivity contribution in [1.29, 1.82) is 0 Å². The van der Waals surface area contributed by atoms with Gasteiger partial charge in [-0.15, -0.1) is 5.10 Å². The summed E-state index contributed by atoms with van der Waals surface area (Å²) in [5.74, 6) is -1.34. The lowest BCUT2D eigenvalue weighted by atomic mass is 9.84. The summed E-state index contributed by atoms with van der Waals surface area (Å²) in [7, 11) is -4.13. The van der Waals surface area contributed by atoms with Crippen molar-refractivity contribution in [2.24, 2.45) is 0 Å². The number of aliphatic hydroxyl groups excluding tert-OH is 2. The number of aryl methyl sites for hydroxylation is 3. The number of nitrogens with zero attached hydrogens (tertiary/aromatic N) is 4. The van der Waals surface area contributed by atoms with Crippen LogP contribution in [0.25, 0.3) is 11.0 Å². The molecule has 0 amide bonds. The molecule has 0 bridgehead atoms. The Balaban J connectivity index is 1.70. The van der Waals surface area contributed by atoms with Crippen LogP contribution in [0.2, 0.25) is 0 Å². The van der Waals surface area contributed by atoms with Gasteiger partial charge in [-0.25, -0.2) is 4.68 Å². The fraction of sp³-hybridized carbons (Fsp3) is 0.464. The van der Waals surface area contributed by atoms with E-state index in [1.165, 1.54) is 6.08 Å². The van der Waals surface area contributed by atoms with Crippen molar-refractivity contribution in [3.63, 3.8) is 0 Å². The average Bonchev–Trinajstić information content (AvgIpc) is 3.32. The first-order chi connectivity index (χ1) is 19.1. The number of aliphatic hydroxyl groups is 2. The van der Waals surface area contributed by atoms with E-state index < -0.39 is 16.2 Å². The fourth-order valence-electron chi connectivity index (χ4n) is 4.95. The number of aromatic nitrogens is 3. The second-order valence-electron chi connectivity index (χ2n) is 9.87. The third kappa shape index (κ3) is 6.62. The maximum Gasteiger partial charge on any atom is 0.388 e. The SMILES string of the molecule is CCOC(=O)CC(c1ccc(C)c(CN2CC=C(O)OS2(=O)=O)c1)c1ccc2c(nnn2CCCCCO)c1C. The van der Waals surface area contributed by atoms with Gasteiger partial charge in [-0.2, -0.15) is 12.7 Å². The lowest BCUT2D eigenvalue weighted by Crippen LogP contribution is -2.35. The molecule has 0 saturated carbocycles. The van der Waals surface area contributed by atoms with Gasteiger partial charge in [0.15, 0.2) is 0 Å². The highest BCUT2D eigenvalue weighted by atomic mass is 32.2. The molecule has 0 spiro atoms. The highest BCUT2D eigenvalue weighted by Gasteiger charge is 2.30. The summed E-state index contributed by atoms with van der Waals surface area (Å²) in [5.41, 5.74) is 5.93. The number of unbranched alkanes of at least 4 members (excludes halogenated alkanes) is 2.